The zero-order valence-corrected chi connectivity index (χ0v) is 16.3. The first kappa shape index (κ1) is 19.8. The molecule has 1 aromatic heterocycles. The largest absolute Gasteiger partial charge is 0.506 e. The molecule has 0 amide bonds. The van der Waals surface area contributed by atoms with E-state index in [1.54, 1.807) is 30.6 Å². The smallest absolute Gasteiger partial charge is 0.416 e. The van der Waals surface area contributed by atoms with E-state index in [2.05, 4.69) is 15.2 Å². The number of rotatable bonds is 4. The van der Waals surface area contributed by atoms with Crippen LogP contribution in [0.3, 0.4) is 0 Å². The number of aromatic hydroxyl groups is 1. The lowest BCUT2D eigenvalue weighted by molar-refractivity contribution is -0.137. The fourth-order valence-electron chi connectivity index (χ4n) is 2.72. The number of fused-ring (bicyclic) bond motifs is 1. The number of halogens is 3. The molecule has 3 aromatic carbocycles. The van der Waals surface area contributed by atoms with Crippen LogP contribution in [-0.2, 0) is 6.18 Å². The number of thiazole rings is 1. The zero-order valence-electron chi connectivity index (χ0n) is 15.5. The molecule has 0 saturated heterocycles. The second-order valence-corrected chi connectivity index (χ2v) is 7.33. The molecule has 30 heavy (non-hydrogen) atoms. The zero-order chi connectivity index (χ0) is 21.3. The average molecular weight is 429 g/mol. The average Bonchev–Trinajstić information content (AvgIpc) is 3.15. The molecule has 0 aliphatic heterocycles. The first-order valence-corrected chi connectivity index (χ1v) is 9.52. The van der Waals surface area contributed by atoms with E-state index in [9.17, 15) is 18.3 Å². The molecule has 0 fully saturated rings. The summed E-state index contributed by atoms with van der Waals surface area (Å²) in [6.07, 6.45) is -4.53. The Morgan fingerprint density at radius 2 is 1.73 bits per heavy atom. The van der Waals surface area contributed by atoms with Crippen molar-refractivity contribution in [1.82, 2.24) is 4.98 Å². The van der Waals surface area contributed by atoms with Crippen LogP contribution < -0.4 is 4.74 Å². The van der Waals surface area contributed by atoms with Crippen LogP contribution in [0.15, 0.2) is 70.9 Å². The van der Waals surface area contributed by atoms with E-state index < -0.39 is 17.5 Å². The Bertz CT molecular complexity index is 1230. The van der Waals surface area contributed by atoms with Crippen LogP contribution in [-0.4, -0.2) is 17.2 Å². The number of methoxy groups -OCH3 is 1. The van der Waals surface area contributed by atoms with Gasteiger partial charge in [0.2, 0.25) is 0 Å². The first-order chi connectivity index (χ1) is 14.3. The molecule has 5 nitrogen and oxygen atoms in total. The highest BCUT2D eigenvalue weighted by atomic mass is 32.1. The van der Waals surface area contributed by atoms with Crippen molar-refractivity contribution in [1.29, 1.82) is 0 Å². The van der Waals surface area contributed by atoms with Gasteiger partial charge in [0.15, 0.2) is 0 Å². The van der Waals surface area contributed by atoms with Crippen LogP contribution in [0.1, 0.15) is 5.56 Å². The number of phenolic OH excluding ortho intramolecular Hbond substituents is 1. The molecule has 152 valence electrons. The maximum atomic E-state index is 12.7. The molecule has 0 spiro atoms. The first-order valence-electron chi connectivity index (χ1n) is 8.70. The predicted molar refractivity (Wildman–Crippen MR) is 109 cm³/mol. The number of alkyl halides is 3. The quantitative estimate of drug-likeness (QED) is 0.352. The number of azo groups is 1. The van der Waals surface area contributed by atoms with E-state index in [1.165, 1.54) is 0 Å². The van der Waals surface area contributed by atoms with Gasteiger partial charge in [0.1, 0.15) is 22.2 Å². The summed E-state index contributed by atoms with van der Waals surface area (Å²) < 4.78 is 44.2. The molecule has 0 radical (unpaired) electrons. The molecule has 1 heterocycles. The Kier molecular flexibility index (Phi) is 5.13. The van der Waals surface area contributed by atoms with Crippen LogP contribution in [0.5, 0.6) is 11.5 Å². The van der Waals surface area contributed by atoms with E-state index in [1.807, 2.05) is 30.3 Å². The summed E-state index contributed by atoms with van der Waals surface area (Å²) >= 11 is 1.55. The number of phenols is 1. The van der Waals surface area contributed by atoms with Gasteiger partial charge < -0.3 is 9.84 Å². The van der Waals surface area contributed by atoms with Gasteiger partial charge in [0.25, 0.3) is 0 Å². The van der Waals surface area contributed by atoms with Gasteiger partial charge in [-0.3, -0.25) is 0 Å². The normalized spacial score (nSPS) is 12.0. The molecule has 0 aliphatic rings. The Hall–Kier alpha value is -3.46. The highest BCUT2D eigenvalue weighted by Crippen LogP contribution is 2.37. The number of ether oxygens (including phenoxy) is 1. The predicted octanol–water partition coefficient (Wildman–Crippen LogP) is 7.11. The Morgan fingerprint density at radius 1 is 0.967 bits per heavy atom. The van der Waals surface area contributed by atoms with Crippen molar-refractivity contribution in [2.75, 3.05) is 7.11 Å². The van der Waals surface area contributed by atoms with Gasteiger partial charge in [-0.25, -0.2) is 4.98 Å². The van der Waals surface area contributed by atoms with E-state index in [-0.39, 0.29) is 5.69 Å². The minimum atomic E-state index is -4.53. The molecular formula is C21H14F3N3O2S. The summed E-state index contributed by atoms with van der Waals surface area (Å²) in [6, 6.07) is 15.3. The number of nitrogens with zero attached hydrogens (tertiary/aromatic N) is 3. The van der Waals surface area contributed by atoms with Gasteiger partial charge in [0.05, 0.1) is 28.6 Å². The highest BCUT2D eigenvalue weighted by molar-refractivity contribution is 7.21. The monoisotopic (exact) mass is 429 g/mol. The molecule has 0 atom stereocenters. The molecule has 0 saturated carbocycles. The summed E-state index contributed by atoms with van der Waals surface area (Å²) in [7, 11) is 1.60. The van der Waals surface area contributed by atoms with Crippen molar-refractivity contribution in [3.05, 3.63) is 66.2 Å². The molecule has 0 aliphatic carbocycles. The number of hydrogen-bond donors (Lipinski definition) is 1. The summed E-state index contributed by atoms with van der Waals surface area (Å²) in [5.41, 5.74) is 1.23. The Morgan fingerprint density at radius 3 is 2.40 bits per heavy atom. The summed E-state index contributed by atoms with van der Waals surface area (Å²) in [5, 5.41) is 18.4. The Balaban J connectivity index is 1.54. The molecular weight excluding hydrogens is 415 g/mol. The van der Waals surface area contributed by atoms with Crippen molar-refractivity contribution < 1.29 is 23.0 Å². The third-order valence-corrected chi connectivity index (χ3v) is 5.37. The molecule has 4 rings (SSSR count). The van der Waals surface area contributed by atoms with E-state index >= 15 is 0 Å². The van der Waals surface area contributed by atoms with Crippen LogP contribution in [0.2, 0.25) is 0 Å². The van der Waals surface area contributed by atoms with Gasteiger partial charge in [-0.2, -0.15) is 18.3 Å². The highest BCUT2D eigenvalue weighted by Gasteiger charge is 2.31. The van der Waals surface area contributed by atoms with E-state index in [0.717, 1.165) is 38.7 Å². The van der Waals surface area contributed by atoms with Crippen LogP contribution >= 0.6 is 11.3 Å². The SMILES string of the molecule is COc1ccc2sc(-c3ccc(N=Nc4ccc(C(F)(F)F)cc4O)cc3)nc2c1. The summed E-state index contributed by atoms with van der Waals surface area (Å²) in [6.45, 7) is 0. The van der Waals surface area contributed by atoms with Crippen molar-refractivity contribution in [2.24, 2.45) is 10.2 Å². The number of aromatic nitrogens is 1. The maximum absolute atomic E-state index is 12.7. The number of hydrogen-bond acceptors (Lipinski definition) is 6. The lowest BCUT2D eigenvalue weighted by atomic mass is 10.2. The van der Waals surface area contributed by atoms with Gasteiger partial charge in [-0.1, -0.05) is 0 Å². The van der Waals surface area contributed by atoms with Crippen molar-refractivity contribution in [3.63, 3.8) is 0 Å². The second-order valence-electron chi connectivity index (χ2n) is 6.30. The van der Waals surface area contributed by atoms with Crippen LogP contribution in [0, 0.1) is 0 Å². The standard InChI is InChI=1S/C21H14F3N3O2S/c1-29-15-7-9-19-17(11-15)25-20(30-19)12-2-5-14(6-3-12)26-27-16-8-4-13(10-18(16)28)21(22,23)24/h2-11,28H,1H3. The topological polar surface area (TPSA) is 67.1 Å². The van der Waals surface area contributed by atoms with Crippen LogP contribution in [0.4, 0.5) is 24.5 Å². The van der Waals surface area contributed by atoms with Gasteiger partial charge in [-0.05, 0) is 54.6 Å². The van der Waals surface area contributed by atoms with Gasteiger partial charge >= 0.3 is 6.18 Å². The van der Waals surface area contributed by atoms with Crippen LogP contribution in [0.25, 0.3) is 20.8 Å². The molecule has 0 bridgehead atoms. The lowest BCUT2D eigenvalue weighted by Crippen LogP contribution is -2.03. The van der Waals surface area contributed by atoms with Gasteiger partial charge in [-0.15, -0.1) is 16.5 Å². The van der Waals surface area contributed by atoms with E-state index in [0.29, 0.717) is 11.8 Å². The second kappa shape index (κ2) is 7.75. The van der Waals surface area contributed by atoms with Crippen molar-refractivity contribution in [3.8, 4) is 22.1 Å². The molecule has 4 aromatic rings. The van der Waals surface area contributed by atoms with Gasteiger partial charge in [0, 0.05) is 11.6 Å². The van der Waals surface area contributed by atoms with Crippen molar-refractivity contribution in [2.45, 2.75) is 6.18 Å². The fourth-order valence-corrected chi connectivity index (χ4v) is 3.68. The minimum Gasteiger partial charge on any atom is -0.506 e. The summed E-state index contributed by atoms with van der Waals surface area (Å²) in [4.78, 5) is 4.61. The minimum absolute atomic E-state index is 0.0489. The Labute approximate surface area is 173 Å². The molecule has 1 N–H and O–H groups in total. The third kappa shape index (κ3) is 4.11. The lowest BCUT2D eigenvalue weighted by Gasteiger charge is -2.07. The molecule has 0 unspecified atom stereocenters. The third-order valence-electron chi connectivity index (χ3n) is 4.28. The number of benzene rings is 3. The van der Waals surface area contributed by atoms with E-state index in [4.69, 9.17) is 4.74 Å². The van der Waals surface area contributed by atoms with Crippen molar-refractivity contribution >= 4 is 32.9 Å². The summed E-state index contributed by atoms with van der Waals surface area (Å²) in [5.74, 6) is 0.150. The molecule has 9 heteroatoms. The maximum Gasteiger partial charge on any atom is 0.416 e. The fraction of sp³-hybridized carbons (Fsp3) is 0.0952.